The minimum atomic E-state index is 0.145. The van der Waals surface area contributed by atoms with Gasteiger partial charge in [-0.15, -0.1) is 0 Å². The number of hydrogen-bond acceptors (Lipinski definition) is 8. The molecular formula is C20H25N9. The van der Waals surface area contributed by atoms with Crippen LogP contribution in [0.4, 0.5) is 17.5 Å². The van der Waals surface area contributed by atoms with E-state index in [0.717, 1.165) is 41.9 Å². The zero-order valence-corrected chi connectivity index (χ0v) is 16.9. The Kier molecular flexibility index (Phi) is 4.94. The molecule has 0 spiro atoms. The zero-order chi connectivity index (χ0) is 20.5. The predicted molar refractivity (Wildman–Crippen MR) is 114 cm³/mol. The first-order valence-electron chi connectivity index (χ1n) is 9.65. The SMILES string of the molecule is CNC1CCN(c2cc3c(ccn3C)nc2CNc2nc(N)nc(C)c2C#N)C1. The van der Waals surface area contributed by atoms with Gasteiger partial charge in [0.1, 0.15) is 17.5 Å². The first-order chi connectivity index (χ1) is 14.0. The molecule has 3 aromatic rings. The van der Waals surface area contributed by atoms with Gasteiger partial charge in [0.05, 0.1) is 34.7 Å². The summed E-state index contributed by atoms with van der Waals surface area (Å²) < 4.78 is 2.08. The van der Waals surface area contributed by atoms with Crippen molar-refractivity contribution in [3.63, 3.8) is 0 Å². The fourth-order valence-corrected chi connectivity index (χ4v) is 3.86. The standard InChI is InChI=1S/C20H25N9/c1-12-14(9-21)19(27-20(22)25-12)24-10-16-18(29-7-4-13(11-29)23-2)8-17-15(26-16)5-6-28(17)3/h5-6,8,13,23H,4,7,10-11H2,1-3H3,(H3,22,24,25,27). The molecule has 1 fully saturated rings. The molecule has 0 aliphatic carbocycles. The highest BCUT2D eigenvalue weighted by molar-refractivity contribution is 5.81. The number of rotatable bonds is 5. The Morgan fingerprint density at radius 2 is 2.17 bits per heavy atom. The van der Waals surface area contributed by atoms with E-state index in [2.05, 4.69) is 42.2 Å². The molecule has 4 heterocycles. The number of nitrogens with one attached hydrogen (secondary N) is 2. The second kappa shape index (κ2) is 7.56. The third-order valence-corrected chi connectivity index (χ3v) is 5.50. The van der Waals surface area contributed by atoms with Gasteiger partial charge in [-0.2, -0.15) is 10.2 Å². The van der Waals surface area contributed by atoms with E-state index in [1.165, 1.54) is 0 Å². The molecule has 1 atom stereocenters. The summed E-state index contributed by atoms with van der Waals surface area (Å²) in [6, 6.07) is 6.83. The Morgan fingerprint density at radius 3 is 2.90 bits per heavy atom. The summed E-state index contributed by atoms with van der Waals surface area (Å²) in [6.07, 6.45) is 3.11. The second-order valence-electron chi connectivity index (χ2n) is 7.36. The van der Waals surface area contributed by atoms with Crippen molar-refractivity contribution in [2.75, 3.05) is 36.1 Å². The molecule has 0 bridgehead atoms. The number of nitrogens with zero attached hydrogens (tertiary/aromatic N) is 6. The van der Waals surface area contributed by atoms with Crippen LogP contribution >= 0.6 is 0 Å². The Bertz CT molecular complexity index is 1100. The van der Waals surface area contributed by atoms with Gasteiger partial charge in [-0.1, -0.05) is 0 Å². The molecule has 1 aliphatic heterocycles. The van der Waals surface area contributed by atoms with Crippen LogP contribution in [-0.4, -0.2) is 45.7 Å². The molecule has 0 radical (unpaired) electrons. The van der Waals surface area contributed by atoms with Crippen molar-refractivity contribution in [1.29, 1.82) is 5.26 Å². The summed E-state index contributed by atoms with van der Waals surface area (Å²) in [5.41, 5.74) is 10.8. The van der Waals surface area contributed by atoms with Gasteiger partial charge in [0.15, 0.2) is 0 Å². The summed E-state index contributed by atoms with van der Waals surface area (Å²) in [5.74, 6) is 0.583. The number of pyridine rings is 1. The molecule has 0 aromatic carbocycles. The number of nitriles is 1. The summed E-state index contributed by atoms with van der Waals surface area (Å²) in [5, 5.41) is 16.1. The van der Waals surface area contributed by atoms with E-state index >= 15 is 0 Å². The molecule has 1 unspecified atom stereocenters. The summed E-state index contributed by atoms with van der Waals surface area (Å²) in [7, 11) is 4.03. The van der Waals surface area contributed by atoms with Gasteiger partial charge in [-0.3, -0.25) is 0 Å². The number of aromatic nitrogens is 4. The highest BCUT2D eigenvalue weighted by Gasteiger charge is 2.24. The van der Waals surface area contributed by atoms with Crippen LogP contribution in [0.5, 0.6) is 0 Å². The van der Waals surface area contributed by atoms with Crippen molar-refractivity contribution < 1.29 is 0 Å². The topological polar surface area (TPSA) is 121 Å². The molecule has 0 saturated carbocycles. The van der Waals surface area contributed by atoms with Crippen molar-refractivity contribution in [2.24, 2.45) is 7.05 Å². The van der Waals surface area contributed by atoms with Crippen molar-refractivity contribution in [3.8, 4) is 6.07 Å². The van der Waals surface area contributed by atoms with Crippen LogP contribution in [0.1, 0.15) is 23.4 Å². The number of hydrogen-bond donors (Lipinski definition) is 3. The van der Waals surface area contributed by atoms with E-state index in [-0.39, 0.29) is 5.95 Å². The van der Waals surface area contributed by atoms with E-state index in [9.17, 15) is 5.26 Å². The summed E-state index contributed by atoms with van der Waals surface area (Å²) in [4.78, 5) is 15.6. The van der Waals surface area contributed by atoms with Gasteiger partial charge in [-0.25, -0.2) is 9.97 Å². The maximum atomic E-state index is 9.47. The van der Waals surface area contributed by atoms with Gasteiger partial charge in [0, 0.05) is 32.4 Å². The van der Waals surface area contributed by atoms with Gasteiger partial charge < -0.3 is 25.8 Å². The Hall–Kier alpha value is -3.38. The van der Waals surface area contributed by atoms with Gasteiger partial charge in [-0.05, 0) is 32.5 Å². The Balaban J connectivity index is 1.70. The van der Waals surface area contributed by atoms with Crippen molar-refractivity contribution in [3.05, 3.63) is 35.3 Å². The van der Waals surface area contributed by atoms with Crippen LogP contribution < -0.4 is 21.3 Å². The molecular weight excluding hydrogens is 366 g/mol. The number of fused-ring (bicyclic) bond motifs is 1. The lowest BCUT2D eigenvalue weighted by Gasteiger charge is -2.22. The normalized spacial score (nSPS) is 16.3. The fourth-order valence-electron chi connectivity index (χ4n) is 3.86. The van der Waals surface area contributed by atoms with Crippen LogP contribution in [0.3, 0.4) is 0 Å². The Morgan fingerprint density at radius 1 is 1.34 bits per heavy atom. The monoisotopic (exact) mass is 391 g/mol. The van der Waals surface area contributed by atoms with E-state index in [1.54, 1.807) is 6.92 Å². The molecule has 29 heavy (non-hydrogen) atoms. The van der Waals surface area contributed by atoms with Crippen molar-refractivity contribution in [1.82, 2.24) is 24.8 Å². The average molecular weight is 391 g/mol. The van der Waals surface area contributed by atoms with Crippen LogP contribution in [0, 0.1) is 18.3 Å². The minimum Gasteiger partial charge on any atom is -0.368 e. The third kappa shape index (κ3) is 3.54. The zero-order valence-electron chi connectivity index (χ0n) is 16.9. The average Bonchev–Trinajstić information content (AvgIpc) is 3.32. The van der Waals surface area contributed by atoms with Crippen molar-refractivity contribution >= 4 is 28.5 Å². The number of nitrogen functional groups attached to an aromatic ring is 1. The van der Waals surface area contributed by atoms with E-state index in [4.69, 9.17) is 10.7 Å². The van der Waals surface area contributed by atoms with Gasteiger partial charge in [0.25, 0.3) is 0 Å². The van der Waals surface area contributed by atoms with E-state index < -0.39 is 0 Å². The molecule has 4 N–H and O–H groups in total. The number of aryl methyl sites for hydroxylation is 2. The van der Waals surface area contributed by atoms with E-state index in [0.29, 0.717) is 29.7 Å². The quantitative estimate of drug-likeness (QED) is 0.599. The largest absolute Gasteiger partial charge is 0.368 e. The second-order valence-corrected chi connectivity index (χ2v) is 7.36. The van der Waals surface area contributed by atoms with Crippen LogP contribution in [0.2, 0.25) is 0 Å². The highest BCUT2D eigenvalue weighted by atomic mass is 15.2. The van der Waals surface area contributed by atoms with Crippen molar-refractivity contribution in [2.45, 2.75) is 25.9 Å². The summed E-state index contributed by atoms with van der Waals surface area (Å²) in [6.45, 7) is 4.10. The fraction of sp³-hybridized carbons (Fsp3) is 0.400. The number of anilines is 3. The first-order valence-corrected chi connectivity index (χ1v) is 9.65. The lowest BCUT2D eigenvalue weighted by atomic mass is 10.2. The molecule has 1 aliphatic rings. The molecule has 4 rings (SSSR count). The van der Waals surface area contributed by atoms with Crippen LogP contribution in [-0.2, 0) is 13.6 Å². The highest BCUT2D eigenvalue weighted by Crippen LogP contribution is 2.29. The molecule has 0 amide bonds. The minimum absolute atomic E-state index is 0.145. The van der Waals surface area contributed by atoms with Gasteiger partial charge >= 0.3 is 0 Å². The Labute approximate surface area is 169 Å². The third-order valence-electron chi connectivity index (χ3n) is 5.50. The molecule has 9 heteroatoms. The molecule has 1 saturated heterocycles. The number of likely N-dealkylation sites (N-methyl/N-ethyl adjacent to an activating group) is 1. The lowest BCUT2D eigenvalue weighted by Crippen LogP contribution is -2.30. The molecule has 9 nitrogen and oxygen atoms in total. The number of nitrogens with two attached hydrogens (primary N) is 1. The molecule has 150 valence electrons. The van der Waals surface area contributed by atoms with Crippen LogP contribution in [0.15, 0.2) is 18.3 Å². The maximum absolute atomic E-state index is 9.47. The predicted octanol–water partition coefficient (Wildman–Crippen LogP) is 1.54. The van der Waals surface area contributed by atoms with E-state index in [1.807, 2.05) is 26.4 Å². The smallest absolute Gasteiger partial charge is 0.222 e. The van der Waals surface area contributed by atoms with Gasteiger partial charge in [0.2, 0.25) is 5.95 Å². The summed E-state index contributed by atoms with van der Waals surface area (Å²) >= 11 is 0. The maximum Gasteiger partial charge on any atom is 0.222 e. The lowest BCUT2D eigenvalue weighted by molar-refractivity contribution is 0.617. The van der Waals surface area contributed by atoms with Crippen LogP contribution in [0.25, 0.3) is 11.0 Å². The first kappa shape index (κ1) is 19.0. The molecule has 3 aromatic heterocycles.